The Bertz CT molecular complexity index is 350. The van der Waals surface area contributed by atoms with E-state index in [0.29, 0.717) is 18.3 Å². The molecule has 1 saturated heterocycles. The normalized spacial score (nSPS) is 22.2. The van der Waals surface area contributed by atoms with Crippen LogP contribution in [-0.2, 0) is 11.3 Å². The van der Waals surface area contributed by atoms with Crippen LogP contribution in [-0.4, -0.2) is 28.8 Å². The quantitative estimate of drug-likeness (QED) is 0.859. The molecule has 1 aromatic rings. The summed E-state index contributed by atoms with van der Waals surface area (Å²) in [6, 6.07) is 0.250. The van der Waals surface area contributed by atoms with E-state index in [1.807, 2.05) is 0 Å². The van der Waals surface area contributed by atoms with Crippen LogP contribution in [0.15, 0.2) is 12.4 Å². The Balaban J connectivity index is 1.86. The molecule has 6 heteroatoms. The molecule has 4 nitrogen and oxygen atoms in total. The van der Waals surface area contributed by atoms with Gasteiger partial charge in [-0.25, -0.2) is 4.98 Å². The van der Waals surface area contributed by atoms with E-state index in [1.54, 1.807) is 0 Å². The van der Waals surface area contributed by atoms with Gasteiger partial charge in [-0.3, -0.25) is 4.57 Å². The second-order valence-corrected chi connectivity index (χ2v) is 4.32. The van der Waals surface area contributed by atoms with Crippen LogP contribution in [0.4, 0.5) is 8.78 Å². The minimum absolute atomic E-state index is 0.250. The monoisotopic (exact) mass is 245 g/mol. The molecule has 96 valence electrons. The second-order valence-electron chi connectivity index (χ2n) is 4.32. The number of ether oxygens (including phenoxy) is 1. The van der Waals surface area contributed by atoms with Crippen LogP contribution in [0.5, 0.6) is 0 Å². The molecule has 17 heavy (non-hydrogen) atoms. The number of nitrogens with zero attached hydrogens (tertiary/aromatic N) is 2. The zero-order chi connectivity index (χ0) is 12.3. The third-order valence-electron chi connectivity index (χ3n) is 3.21. The standard InChI is InChI=1S/C11H17F2N3O/c1-8(9-2-5-17-7-9)15-6-10-14-3-4-16(10)11(12)13/h3-4,8-9,11,15H,2,5-7H2,1H3. The fourth-order valence-corrected chi connectivity index (χ4v) is 2.02. The highest BCUT2D eigenvalue weighted by Crippen LogP contribution is 2.17. The zero-order valence-electron chi connectivity index (χ0n) is 9.77. The van der Waals surface area contributed by atoms with Gasteiger partial charge in [-0.15, -0.1) is 0 Å². The van der Waals surface area contributed by atoms with Crippen LogP contribution >= 0.6 is 0 Å². The van der Waals surface area contributed by atoms with Gasteiger partial charge in [-0.1, -0.05) is 0 Å². The largest absolute Gasteiger partial charge is 0.381 e. The molecule has 1 aromatic heterocycles. The van der Waals surface area contributed by atoms with Gasteiger partial charge in [0.05, 0.1) is 13.2 Å². The summed E-state index contributed by atoms with van der Waals surface area (Å²) in [6.07, 6.45) is 3.72. The number of aromatic nitrogens is 2. The first-order valence-electron chi connectivity index (χ1n) is 5.79. The van der Waals surface area contributed by atoms with E-state index < -0.39 is 6.55 Å². The van der Waals surface area contributed by atoms with Crippen molar-refractivity contribution in [2.75, 3.05) is 13.2 Å². The Morgan fingerprint density at radius 2 is 2.47 bits per heavy atom. The lowest BCUT2D eigenvalue weighted by atomic mass is 10.0. The summed E-state index contributed by atoms with van der Waals surface area (Å²) in [5.41, 5.74) is 0. The van der Waals surface area contributed by atoms with Gasteiger partial charge < -0.3 is 10.1 Å². The lowest BCUT2D eigenvalue weighted by Gasteiger charge is -2.19. The van der Waals surface area contributed by atoms with Crippen LogP contribution in [0.3, 0.4) is 0 Å². The number of imidazole rings is 1. The molecular formula is C11H17F2N3O. The third kappa shape index (κ3) is 3.01. The Kier molecular flexibility index (Phi) is 4.06. The minimum atomic E-state index is -2.53. The lowest BCUT2D eigenvalue weighted by Crippen LogP contribution is -2.34. The second kappa shape index (κ2) is 5.55. The van der Waals surface area contributed by atoms with E-state index in [2.05, 4.69) is 17.2 Å². The number of halogens is 2. The zero-order valence-corrected chi connectivity index (χ0v) is 9.77. The van der Waals surface area contributed by atoms with Crippen LogP contribution in [0.1, 0.15) is 25.7 Å². The molecule has 0 spiro atoms. The molecule has 0 aromatic carbocycles. The topological polar surface area (TPSA) is 39.1 Å². The maximum atomic E-state index is 12.6. The average molecular weight is 245 g/mol. The van der Waals surface area contributed by atoms with E-state index in [1.165, 1.54) is 12.4 Å². The Labute approximate surface area is 99.0 Å². The van der Waals surface area contributed by atoms with E-state index in [-0.39, 0.29) is 6.04 Å². The fraction of sp³-hybridized carbons (Fsp3) is 0.727. The molecule has 2 unspecified atom stereocenters. The smallest absolute Gasteiger partial charge is 0.319 e. The molecule has 1 fully saturated rings. The summed E-state index contributed by atoms with van der Waals surface area (Å²) in [4.78, 5) is 3.93. The molecule has 2 atom stereocenters. The van der Waals surface area contributed by atoms with Gasteiger partial charge >= 0.3 is 6.55 Å². The number of hydrogen-bond acceptors (Lipinski definition) is 3. The van der Waals surface area contributed by atoms with Crippen LogP contribution in [0, 0.1) is 5.92 Å². The molecule has 2 heterocycles. The molecule has 1 N–H and O–H groups in total. The van der Waals surface area contributed by atoms with E-state index in [9.17, 15) is 8.78 Å². The van der Waals surface area contributed by atoms with Gasteiger partial charge in [0.25, 0.3) is 0 Å². The summed E-state index contributed by atoms with van der Waals surface area (Å²) in [5.74, 6) is 0.829. The van der Waals surface area contributed by atoms with E-state index in [4.69, 9.17) is 4.74 Å². The SMILES string of the molecule is CC(NCc1nccn1C(F)F)C1CCOC1. The predicted molar refractivity (Wildman–Crippen MR) is 58.7 cm³/mol. The molecule has 1 aliphatic heterocycles. The summed E-state index contributed by atoms with van der Waals surface area (Å²) in [5, 5.41) is 3.23. The summed E-state index contributed by atoms with van der Waals surface area (Å²) >= 11 is 0. The molecule has 0 amide bonds. The van der Waals surface area contributed by atoms with Crippen molar-refractivity contribution in [1.82, 2.24) is 14.9 Å². The minimum Gasteiger partial charge on any atom is -0.381 e. The van der Waals surface area contributed by atoms with Crippen molar-refractivity contribution in [3.05, 3.63) is 18.2 Å². The molecule has 0 bridgehead atoms. The molecule has 0 aliphatic carbocycles. The first-order chi connectivity index (χ1) is 8.18. The number of alkyl halides is 2. The third-order valence-corrected chi connectivity index (χ3v) is 3.21. The molecular weight excluding hydrogens is 228 g/mol. The summed E-state index contributed by atoms with van der Waals surface area (Å²) < 4.78 is 31.3. The van der Waals surface area contributed by atoms with Gasteiger partial charge in [0.1, 0.15) is 5.82 Å². The highest BCUT2D eigenvalue weighted by atomic mass is 19.3. The molecule has 2 rings (SSSR count). The summed E-state index contributed by atoms with van der Waals surface area (Å²) in [6.45, 7) is 1.42. The highest BCUT2D eigenvalue weighted by Gasteiger charge is 2.22. The van der Waals surface area contributed by atoms with Crippen LogP contribution in [0.25, 0.3) is 0 Å². The number of hydrogen-bond donors (Lipinski definition) is 1. The van der Waals surface area contributed by atoms with Crippen molar-refractivity contribution in [2.45, 2.75) is 32.5 Å². The number of nitrogens with one attached hydrogen (secondary N) is 1. The first kappa shape index (κ1) is 12.4. The van der Waals surface area contributed by atoms with Crippen molar-refractivity contribution in [3.8, 4) is 0 Å². The van der Waals surface area contributed by atoms with E-state index in [0.717, 1.165) is 24.2 Å². The van der Waals surface area contributed by atoms with Crippen molar-refractivity contribution < 1.29 is 13.5 Å². The number of rotatable bonds is 5. The van der Waals surface area contributed by atoms with Crippen molar-refractivity contribution in [3.63, 3.8) is 0 Å². The van der Waals surface area contributed by atoms with Crippen molar-refractivity contribution >= 4 is 0 Å². The van der Waals surface area contributed by atoms with Gasteiger partial charge in [0, 0.05) is 25.0 Å². The Hall–Kier alpha value is -1.01. The molecule has 0 saturated carbocycles. The van der Waals surface area contributed by atoms with E-state index >= 15 is 0 Å². The summed E-state index contributed by atoms with van der Waals surface area (Å²) in [7, 11) is 0. The fourth-order valence-electron chi connectivity index (χ4n) is 2.02. The van der Waals surface area contributed by atoms with Crippen LogP contribution < -0.4 is 5.32 Å². The highest BCUT2D eigenvalue weighted by molar-refractivity contribution is 4.93. The van der Waals surface area contributed by atoms with Crippen molar-refractivity contribution in [1.29, 1.82) is 0 Å². The lowest BCUT2D eigenvalue weighted by molar-refractivity contribution is 0.0663. The maximum absolute atomic E-state index is 12.6. The maximum Gasteiger partial charge on any atom is 0.319 e. The van der Waals surface area contributed by atoms with Crippen molar-refractivity contribution in [2.24, 2.45) is 5.92 Å². The predicted octanol–water partition coefficient (Wildman–Crippen LogP) is 1.79. The molecule has 0 radical (unpaired) electrons. The van der Waals surface area contributed by atoms with Crippen LogP contribution in [0.2, 0.25) is 0 Å². The van der Waals surface area contributed by atoms with Gasteiger partial charge in [-0.05, 0) is 19.3 Å². The Morgan fingerprint density at radius 3 is 3.12 bits per heavy atom. The Morgan fingerprint density at radius 1 is 1.65 bits per heavy atom. The first-order valence-corrected chi connectivity index (χ1v) is 5.79. The van der Waals surface area contributed by atoms with Gasteiger partial charge in [0.2, 0.25) is 0 Å². The average Bonchev–Trinajstić information content (AvgIpc) is 2.96. The molecule has 1 aliphatic rings. The van der Waals surface area contributed by atoms with Gasteiger partial charge in [-0.2, -0.15) is 8.78 Å². The van der Waals surface area contributed by atoms with Gasteiger partial charge in [0.15, 0.2) is 0 Å².